The number of rotatable bonds is 5. The molecule has 0 amide bonds. The van der Waals surface area contributed by atoms with Crippen molar-refractivity contribution in [1.29, 1.82) is 0 Å². The average molecular weight is 300 g/mol. The van der Waals surface area contributed by atoms with E-state index in [1.165, 1.54) is 15.8 Å². The fraction of sp³-hybridized carbons (Fsp3) is 0.353. The number of nitrogens with zero attached hydrogens (tertiary/aromatic N) is 2. The fourth-order valence-electron chi connectivity index (χ4n) is 2.51. The molecule has 1 aromatic carbocycles. The Balaban J connectivity index is 1.79. The molecule has 0 aliphatic carbocycles. The number of hydrogen-bond acceptors (Lipinski definition) is 3. The molecule has 0 spiro atoms. The highest BCUT2D eigenvalue weighted by Crippen LogP contribution is 2.23. The maximum atomic E-state index is 5.75. The van der Waals surface area contributed by atoms with Crippen LogP contribution < -0.4 is 4.74 Å². The van der Waals surface area contributed by atoms with Gasteiger partial charge in [0.15, 0.2) is 0 Å². The molecular formula is C17H20N2OS. The third kappa shape index (κ3) is 3.10. The zero-order valence-electron chi connectivity index (χ0n) is 12.7. The molecule has 0 aliphatic rings. The van der Waals surface area contributed by atoms with E-state index in [4.69, 9.17) is 4.74 Å². The summed E-state index contributed by atoms with van der Waals surface area (Å²) in [6, 6.07) is 8.47. The van der Waals surface area contributed by atoms with Crippen molar-refractivity contribution in [2.24, 2.45) is 0 Å². The van der Waals surface area contributed by atoms with Gasteiger partial charge < -0.3 is 9.30 Å². The normalized spacial score (nSPS) is 11.4. The van der Waals surface area contributed by atoms with Crippen LogP contribution in [0.25, 0.3) is 10.9 Å². The molecule has 2 aromatic heterocycles. The van der Waals surface area contributed by atoms with Crippen molar-refractivity contribution in [2.45, 2.75) is 39.8 Å². The standard InChI is InChI=1S/C17H20N2OS/c1-12(2)20-15-4-5-16-14(10-15)6-8-19(16)9-7-17-13(3)18-11-21-17/h4-6,8,10-12H,7,9H2,1-3H3. The summed E-state index contributed by atoms with van der Waals surface area (Å²) in [5.41, 5.74) is 4.34. The molecule has 21 heavy (non-hydrogen) atoms. The molecule has 0 fully saturated rings. The number of hydrogen-bond donors (Lipinski definition) is 0. The molecule has 0 unspecified atom stereocenters. The smallest absolute Gasteiger partial charge is 0.120 e. The number of benzene rings is 1. The van der Waals surface area contributed by atoms with Gasteiger partial charge in [0.2, 0.25) is 0 Å². The Labute approximate surface area is 129 Å². The number of fused-ring (bicyclic) bond motifs is 1. The van der Waals surface area contributed by atoms with Crippen molar-refractivity contribution in [3.8, 4) is 5.75 Å². The van der Waals surface area contributed by atoms with Gasteiger partial charge in [0.1, 0.15) is 5.75 Å². The van der Waals surface area contributed by atoms with Crippen LogP contribution in [0.5, 0.6) is 5.75 Å². The van der Waals surface area contributed by atoms with E-state index < -0.39 is 0 Å². The maximum absolute atomic E-state index is 5.75. The van der Waals surface area contributed by atoms with Gasteiger partial charge in [-0.05, 0) is 45.0 Å². The Morgan fingerprint density at radius 2 is 2.14 bits per heavy atom. The van der Waals surface area contributed by atoms with Crippen molar-refractivity contribution < 1.29 is 4.74 Å². The summed E-state index contributed by atoms with van der Waals surface area (Å²) in [6.07, 6.45) is 3.39. The highest BCUT2D eigenvalue weighted by Gasteiger charge is 2.06. The molecule has 110 valence electrons. The highest BCUT2D eigenvalue weighted by molar-refractivity contribution is 7.09. The second-order valence-electron chi connectivity index (χ2n) is 5.51. The van der Waals surface area contributed by atoms with Gasteiger partial charge in [-0.1, -0.05) is 0 Å². The van der Waals surface area contributed by atoms with Crippen molar-refractivity contribution in [2.75, 3.05) is 0 Å². The largest absolute Gasteiger partial charge is 0.491 e. The zero-order chi connectivity index (χ0) is 14.8. The molecule has 0 atom stereocenters. The summed E-state index contributed by atoms with van der Waals surface area (Å²) in [5, 5.41) is 1.23. The summed E-state index contributed by atoms with van der Waals surface area (Å²) in [4.78, 5) is 5.68. The first-order valence-electron chi connectivity index (χ1n) is 7.28. The van der Waals surface area contributed by atoms with Crippen LogP contribution in [0.1, 0.15) is 24.4 Å². The predicted molar refractivity (Wildman–Crippen MR) is 88.3 cm³/mol. The lowest BCUT2D eigenvalue weighted by atomic mass is 10.2. The minimum absolute atomic E-state index is 0.207. The number of aromatic nitrogens is 2. The lowest BCUT2D eigenvalue weighted by molar-refractivity contribution is 0.243. The Morgan fingerprint density at radius 3 is 2.86 bits per heavy atom. The molecule has 2 heterocycles. The molecule has 0 bridgehead atoms. The first kappa shape index (κ1) is 14.1. The molecule has 0 aliphatic heterocycles. The van der Waals surface area contributed by atoms with Crippen molar-refractivity contribution in [3.05, 3.63) is 46.5 Å². The van der Waals surface area contributed by atoms with E-state index in [0.29, 0.717) is 0 Å². The first-order chi connectivity index (χ1) is 10.1. The number of ether oxygens (including phenoxy) is 1. The lowest BCUT2D eigenvalue weighted by Crippen LogP contribution is -2.05. The Bertz CT molecular complexity index is 742. The van der Waals surface area contributed by atoms with Crippen molar-refractivity contribution in [1.82, 2.24) is 9.55 Å². The highest BCUT2D eigenvalue weighted by atomic mass is 32.1. The van der Waals surface area contributed by atoms with E-state index in [0.717, 1.165) is 24.4 Å². The molecule has 0 N–H and O–H groups in total. The Hall–Kier alpha value is -1.81. The minimum Gasteiger partial charge on any atom is -0.491 e. The molecule has 0 radical (unpaired) electrons. The minimum atomic E-state index is 0.207. The van der Waals surface area contributed by atoms with Crippen molar-refractivity contribution in [3.63, 3.8) is 0 Å². The summed E-state index contributed by atoms with van der Waals surface area (Å²) in [6.45, 7) is 7.16. The third-order valence-electron chi connectivity index (χ3n) is 3.54. The Kier molecular flexibility index (Phi) is 3.97. The summed E-state index contributed by atoms with van der Waals surface area (Å²) in [5.74, 6) is 0.938. The quantitative estimate of drug-likeness (QED) is 0.696. The number of aryl methyl sites for hydroxylation is 3. The van der Waals surface area contributed by atoms with Gasteiger partial charge in [-0.2, -0.15) is 0 Å². The van der Waals surface area contributed by atoms with Crippen molar-refractivity contribution >= 4 is 22.2 Å². The van der Waals surface area contributed by atoms with Crippen LogP contribution in [0, 0.1) is 6.92 Å². The van der Waals surface area contributed by atoms with E-state index in [-0.39, 0.29) is 6.10 Å². The van der Waals surface area contributed by atoms with Gasteiger partial charge in [-0.3, -0.25) is 0 Å². The van der Waals surface area contributed by atoms with E-state index in [9.17, 15) is 0 Å². The van der Waals surface area contributed by atoms with Gasteiger partial charge in [0.05, 0.1) is 17.3 Å². The van der Waals surface area contributed by atoms with Crippen LogP contribution in [-0.2, 0) is 13.0 Å². The second kappa shape index (κ2) is 5.90. The predicted octanol–water partition coefficient (Wildman–Crippen LogP) is 4.44. The SMILES string of the molecule is Cc1ncsc1CCn1ccc2cc(OC(C)C)ccc21. The first-order valence-corrected chi connectivity index (χ1v) is 8.16. The van der Waals surface area contributed by atoms with Gasteiger partial charge in [-0.25, -0.2) is 4.98 Å². The van der Waals surface area contributed by atoms with E-state index >= 15 is 0 Å². The summed E-state index contributed by atoms with van der Waals surface area (Å²) < 4.78 is 8.05. The lowest BCUT2D eigenvalue weighted by Gasteiger charge is -2.10. The molecule has 4 heteroatoms. The molecule has 3 aromatic rings. The fourth-order valence-corrected chi connectivity index (χ4v) is 3.28. The van der Waals surface area contributed by atoms with Crippen LogP contribution >= 0.6 is 11.3 Å². The molecule has 3 rings (SSSR count). The maximum Gasteiger partial charge on any atom is 0.120 e. The van der Waals surface area contributed by atoms with Crippen LogP contribution in [0.3, 0.4) is 0 Å². The molecule has 0 saturated carbocycles. The Morgan fingerprint density at radius 1 is 1.29 bits per heavy atom. The van der Waals surface area contributed by atoms with Gasteiger partial charge >= 0.3 is 0 Å². The van der Waals surface area contributed by atoms with Crippen LogP contribution in [0.4, 0.5) is 0 Å². The van der Waals surface area contributed by atoms with Crippen LogP contribution in [0.15, 0.2) is 36.0 Å². The zero-order valence-corrected chi connectivity index (χ0v) is 13.5. The average Bonchev–Trinajstić information content (AvgIpc) is 3.02. The number of thiazole rings is 1. The molecule has 0 saturated heterocycles. The molecular weight excluding hydrogens is 280 g/mol. The second-order valence-corrected chi connectivity index (χ2v) is 6.45. The van der Waals surface area contributed by atoms with E-state index in [1.54, 1.807) is 11.3 Å². The van der Waals surface area contributed by atoms with Gasteiger partial charge in [0, 0.05) is 34.9 Å². The van der Waals surface area contributed by atoms with E-state index in [2.05, 4.69) is 46.9 Å². The van der Waals surface area contributed by atoms with Crippen LogP contribution in [0.2, 0.25) is 0 Å². The summed E-state index contributed by atoms with van der Waals surface area (Å²) >= 11 is 1.74. The third-order valence-corrected chi connectivity index (χ3v) is 4.53. The van der Waals surface area contributed by atoms with E-state index in [1.807, 2.05) is 19.4 Å². The monoisotopic (exact) mass is 300 g/mol. The van der Waals surface area contributed by atoms with Gasteiger partial charge in [-0.15, -0.1) is 11.3 Å². The van der Waals surface area contributed by atoms with Crippen LogP contribution in [-0.4, -0.2) is 15.7 Å². The molecule has 3 nitrogen and oxygen atoms in total. The topological polar surface area (TPSA) is 27.1 Å². The summed E-state index contributed by atoms with van der Waals surface area (Å²) in [7, 11) is 0. The van der Waals surface area contributed by atoms with Gasteiger partial charge in [0.25, 0.3) is 0 Å².